The smallest absolute Gasteiger partial charge is 0.225 e. The summed E-state index contributed by atoms with van der Waals surface area (Å²) in [5.74, 6) is 0.140. The maximum atomic E-state index is 12.7. The van der Waals surface area contributed by atoms with E-state index in [0.717, 1.165) is 48.9 Å². The van der Waals surface area contributed by atoms with Gasteiger partial charge in [-0.2, -0.15) is 0 Å². The molecule has 1 aromatic rings. The van der Waals surface area contributed by atoms with E-state index in [1.54, 1.807) is 6.20 Å². The van der Waals surface area contributed by atoms with Crippen LogP contribution in [0.25, 0.3) is 0 Å². The number of carbonyl (C=O) groups is 1. The predicted octanol–water partition coefficient (Wildman–Crippen LogP) is 2.09. The van der Waals surface area contributed by atoms with Crippen molar-refractivity contribution in [2.24, 2.45) is 5.92 Å². The molecule has 3 rings (SSSR count). The van der Waals surface area contributed by atoms with Gasteiger partial charge in [0.25, 0.3) is 0 Å². The van der Waals surface area contributed by atoms with E-state index in [1.165, 1.54) is 0 Å². The molecule has 0 aromatic carbocycles. The molecule has 126 valence electrons. The first-order valence-corrected chi connectivity index (χ1v) is 9.21. The molecular formula is C17H24BrN3O2. The number of pyridine rings is 1. The van der Waals surface area contributed by atoms with Crippen molar-refractivity contribution in [3.05, 3.63) is 28.5 Å². The molecule has 2 fully saturated rings. The number of hydrogen-bond acceptors (Lipinski definition) is 4. The zero-order valence-electron chi connectivity index (χ0n) is 13.2. The molecule has 2 aliphatic rings. The van der Waals surface area contributed by atoms with Gasteiger partial charge in [0, 0.05) is 17.2 Å². The van der Waals surface area contributed by atoms with Crippen molar-refractivity contribution in [3.63, 3.8) is 0 Å². The zero-order valence-corrected chi connectivity index (χ0v) is 14.8. The number of carbonyl (C=O) groups excluding carboxylic acids is 1. The van der Waals surface area contributed by atoms with E-state index < -0.39 is 5.54 Å². The van der Waals surface area contributed by atoms with E-state index in [0.29, 0.717) is 12.8 Å². The second-order valence-corrected chi connectivity index (χ2v) is 7.62. The van der Waals surface area contributed by atoms with Gasteiger partial charge in [-0.1, -0.05) is 0 Å². The maximum Gasteiger partial charge on any atom is 0.225 e. The van der Waals surface area contributed by atoms with E-state index in [2.05, 4.69) is 31.5 Å². The van der Waals surface area contributed by atoms with Gasteiger partial charge in [-0.05, 0) is 73.1 Å². The standard InChI is InChI=1S/C17H24BrN3O2/c18-13-3-4-15(20-11-13)17(7-5-14(22)6-8-17)21-16(23)12-2-1-9-19-10-12/h3-4,11-12,14,19,22H,1-2,5-10H2,(H,21,23)/t12-,14?,17?/m0/s1. The Labute approximate surface area is 145 Å². The SMILES string of the molecule is O=C(NC1(c2ccc(Br)cn2)CCC(O)CC1)[C@H]1CCCNC1. The minimum absolute atomic E-state index is 0.0305. The van der Waals surface area contributed by atoms with Gasteiger partial charge in [0.05, 0.1) is 23.3 Å². The van der Waals surface area contributed by atoms with Crippen molar-refractivity contribution in [1.29, 1.82) is 0 Å². The average molecular weight is 382 g/mol. The van der Waals surface area contributed by atoms with Gasteiger partial charge in [0.2, 0.25) is 5.91 Å². The van der Waals surface area contributed by atoms with Crippen molar-refractivity contribution < 1.29 is 9.90 Å². The fourth-order valence-electron chi connectivity index (χ4n) is 3.61. The third-order valence-corrected chi connectivity index (χ3v) is 5.53. The highest BCUT2D eigenvalue weighted by Crippen LogP contribution is 2.37. The Morgan fingerprint density at radius 1 is 1.35 bits per heavy atom. The van der Waals surface area contributed by atoms with Gasteiger partial charge in [0.15, 0.2) is 0 Å². The van der Waals surface area contributed by atoms with Crippen LogP contribution in [-0.4, -0.2) is 35.2 Å². The molecule has 1 aromatic heterocycles. The van der Waals surface area contributed by atoms with Crippen LogP contribution in [0.3, 0.4) is 0 Å². The van der Waals surface area contributed by atoms with E-state index in [-0.39, 0.29) is 17.9 Å². The molecule has 0 spiro atoms. The number of hydrogen-bond donors (Lipinski definition) is 3. The number of amides is 1. The molecular weight excluding hydrogens is 358 g/mol. The van der Waals surface area contributed by atoms with E-state index >= 15 is 0 Å². The minimum Gasteiger partial charge on any atom is -0.393 e. The number of nitrogens with zero attached hydrogens (tertiary/aromatic N) is 1. The number of rotatable bonds is 3. The molecule has 1 saturated carbocycles. The first-order chi connectivity index (χ1) is 11.1. The lowest BCUT2D eigenvalue weighted by atomic mass is 9.77. The first kappa shape index (κ1) is 16.9. The highest BCUT2D eigenvalue weighted by Gasteiger charge is 2.40. The lowest BCUT2D eigenvalue weighted by Crippen LogP contribution is -2.53. The van der Waals surface area contributed by atoms with Crippen LogP contribution in [0.4, 0.5) is 0 Å². The van der Waals surface area contributed by atoms with Crippen LogP contribution in [0.1, 0.15) is 44.2 Å². The summed E-state index contributed by atoms with van der Waals surface area (Å²) in [7, 11) is 0. The van der Waals surface area contributed by atoms with Crippen LogP contribution in [0.2, 0.25) is 0 Å². The van der Waals surface area contributed by atoms with Crippen LogP contribution in [0.15, 0.2) is 22.8 Å². The van der Waals surface area contributed by atoms with Crippen LogP contribution >= 0.6 is 15.9 Å². The molecule has 0 unspecified atom stereocenters. The predicted molar refractivity (Wildman–Crippen MR) is 91.8 cm³/mol. The summed E-state index contributed by atoms with van der Waals surface area (Å²) in [6.45, 7) is 1.74. The van der Waals surface area contributed by atoms with E-state index in [1.807, 2.05) is 12.1 Å². The largest absolute Gasteiger partial charge is 0.393 e. The topological polar surface area (TPSA) is 74.2 Å². The molecule has 23 heavy (non-hydrogen) atoms. The molecule has 1 saturated heterocycles. The van der Waals surface area contributed by atoms with Gasteiger partial charge in [0.1, 0.15) is 0 Å². The number of aliphatic hydroxyl groups excluding tert-OH is 1. The monoisotopic (exact) mass is 381 g/mol. The summed E-state index contributed by atoms with van der Waals surface area (Å²) in [5, 5.41) is 16.5. The second kappa shape index (κ2) is 7.28. The number of nitrogens with one attached hydrogen (secondary N) is 2. The minimum atomic E-state index is -0.450. The van der Waals surface area contributed by atoms with Crippen LogP contribution in [0, 0.1) is 5.92 Å². The molecule has 3 N–H and O–H groups in total. The van der Waals surface area contributed by atoms with Crippen molar-refractivity contribution >= 4 is 21.8 Å². The summed E-state index contributed by atoms with van der Waals surface area (Å²) in [6.07, 6.45) is 6.33. The Balaban J connectivity index is 1.80. The Bertz CT molecular complexity index is 535. The van der Waals surface area contributed by atoms with E-state index in [4.69, 9.17) is 0 Å². The molecule has 1 amide bonds. The van der Waals surface area contributed by atoms with Crippen LogP contribution in [0.5, 0.6) is 0 Å². The number of aliphatic hydroxyl groups is 1. The molecule has 1 aliphatic heterocycles. The van der Waals surface area contributed by atoms with Gasteiger partial charge < -0.3 is 15.7 Å². The molecule has 6 heteroatoms. The fourth-order valence-corrected chi connectivity index (χ4v) is 3.85. The third kappa shape index (κ3) is 3.92. The number of halogens is 1. The van der Waals surface area contributed by atoms with E-state index in [9.17, 15) is 9.90 Å². The average Bonchev–Trinajstić information content (AvgIpc) is 2.58. The third-order valence-electron chi connectivity index (χ3n) is 5.06. The summed E-state index contributed by atoms with van der Waals surface area (Å²) in [6, 6.07) is 3.94. The Kier molecular flexibility index (Phi) is 5.34. The number of aromatic nitrogens is 1. The molecule has 2 heterocycles. The Morgan fingerprint density at radius 2 is 2.13 bits per heavy atom. The van der Waals surface area contributed by atoms with Crippen molar-refractivity contribution in [1.82, 2.24) is 15.6 Å². The Morgan fingerprint density at radius 3 is 2.74 bits per heavy atom. The van der Waals surface area contributed by atoms with Crippen molar-refractivity contribution in [2.45, 2.75) is 50.2 Å². The molecule has 1 aliphatic carbocycles. The first-order valence-electron chi connectivity index (χ1n) is 8.42. The van der Waals surface area contributed by atoms with Crippen LogP contribution in [-0.2, 0) is 10.3 Å². The Hall–Kier alpha value is -0.980. The quantitative estimate of drug-likeness (QED) is 0.749. The molecule has 0 radical (unpaired) electrons. The summed E-state index contributed by atoms with van der Waals surface area (Å²) in [5.41, 5.74) is 0.443. The lowest BCUT2D eigenvalue weighted by molar-refractivity contribution is -0.128. The molecule has 5 nitrogen and oxygen atoms in total. The van der Waals surface area contributed by atoms with Crippen LogP contribution < -0.4 is 10.6 Å². The summed E-state index contributed by atoms with van der Waals surface area (Å²) < 4.78 is 0.926. The summed E-state index contributed by atoms with van der Waals surface area (Å²) >= 11 is 3.41. The highest BCUT2D eigenvalue weighted by molar-refractivity contribution is 9.10. The lowest BCUT2D eigenvalue weighted by Gasteiger charge is -2.40. The van der Waals surface area contributed by atoms with Crippen molar-refractivity contribution in [3.8, 4) is 0 Å². The molecule has 0 bridgehead atoms. The summed E-state index contributed by atoms with van der Waals surface area (Å²) in [4.78, 5) is 17.3. The molecule has 1 atom stereocenters. The normalized spacial score (nSPS) is 31.6. The van der Waals surface area contributed by atoms with Gasteiger partial charge >= 0.3 is 0 Å². The second-order valence-electron chi connectivity index (χ2n) is 6.71. The fraction of sp³-hybridized carbons (Fsp3) is 0.647. The van der Waals surface area contributed by atoms with Crippen molar-refractivity contribution in [2.75, 3.05) is 13.1 Å². The van der Waals surface area contributed by atoms with Gasteiger partial charge in [-0.3, -0.25) is 9.78 Å². The highest BCUT2D eigenvalue weighted by atomic mass is 79.9. The maximum absolute atomic E-state index is 12.7. The van der Waals surface area contributed by atoms with Gasteiger partial charge in [-0.15, -0.1) is 0 Å². The number of piperidine rings is 1. The zero-order chi connectivity index (χ0) is 16.3. The van der Waals surface area contributed by atoms with Gasteiger partial charge in [-0.25, -0.2) is 0 Å².